The zero-order chi connectivity index (χ0) is 19.1. The number of benzene rings is 2. The molecule has 3 aromatic rings. The summed E-state index contributed by atoms with van der Waals surface area (Å²) in [4.78, 5) is 16.3. The van der Waals surface area contributed by atoms with Gasteiger partial charge in [-0.15, -0.1) is 11.3 Å². The van der Waals surface area contributed by atoms with E-state index in [2.05, 4.69) is 10.3 Å². The third-order valence-electron chi connectivity index (χ3n) is 3.72. The van der Waals surface area contributed by atoms with Crippen molar-refractivity contribution in [2.24, 2.45) is 0 Å². The minimum atomic E-state index is -0.158. The highest BCUT2D eigenvalue weighted by Crippen LogP contribution is 2.16. The quantitative estimate of drug-likeness (QED) is 0.569. The molecule has 1 amide bonds. The Hall–Kier alpha value is -2.63. The van der Waals surface area contributed by atoms with Crippen molar-refractivity contribution in [3.63, 3.8) is 0 Å². The number of aromatic nitrogens is 1. The Morgan fingerprint density at radius 1 is 1.26 bits per heavy atom. The zero-order valence-corrected chi connectivity index (χ0v) is 16.4. The van der Waals surface area contributed by atoms with Crippen LogP contribution in [0.2, 0.25) is 5.02 Å². The van der Waals surface area contributed by atoms with E-state index in [4.69, 9.17) is 16.3 Å². The first-order valence-corrected chi connectivity index (χ1v) is 9.68. The molecule has 0 unspecified atom stereocenters. The van der Waals surface area contributed by atoms with Crippen LogP contribution in [0.15, 0.2) is 60.0 Å². The number of amides is 1. The number of halogens is 1. The fourth-order valence-corrected chi connectivity index (χ4v) is 3.18. The van der Waals surface area contributed by atoms with Gasteiger partial charge in [0.15, 0.2) is 0 Å². The minimum absolute atomic E-state index is 0.158. The Morgan fingerprint density at radius 3 is 2.78 bits per heavy atom. The molecule has 0 aliphatic carbocycles. The maximum atomic E-state index is 11.9. The van der Waals surface area contributed by atoms with Crippen molar-refractivity contribution in [3.05, 3.63) is 86.8 Å². The zero-order valence-electron chi connectivity index (χ0n) is 14.8. The van der Waals surface area contributed by atoms with E-state index in [-0.39, 0.29) is 5.91 Å². The summed E-state index contributed by atoms with van der Waals surface area (Å²) in [5.41, 5.74) is 2.81. The Labute approximate surface area is 167 Å². The predicted octanol–water partition coefficient (Wildman–Crippen LogP) is 5.01. The highest BCUT2D eigenvalue weighted by molar-refractivity contribution is 7.09. The smallest absolute Gasteiger partial charge is 0.244 e. The molecule has 0 aliphatic heterocycles. The molecule has 1 N–H and O–H groups in total. The second kappa shape index (κ2) is 9.35. The molecule has 4 nitrogen and oxygen atoms in total. The van der Waals surface area contributed by atoms with Crippen molar-refractivity contribution >= 4 is 34.9 Å². The van der Waals surface area contributed by atoms with E-state index in [0.29, 0.717) is 18.2 Å². The van der Waals surface area contributed by atoms with E-state index >= 15 is 0 Å². The number of carbonyl (C=O) groups excluding carboxylic acids is 1. The molecular weight excluding hydrogens is 380 g/mol. The molecule has 27 heavy (non-hydrogen) atoms. The number of aryl methyl sites for hydroxylation is 1. The first-order valence-electron chi connectivity index (χ1n) is 8.43. The molecule has 138 valence electrons. The van der Waals surface area contributed by atoms with Gasteiger partial charge >= 0.3 is 0 Å². The second-order valence-corrected chi connectivity index (χ2v) is 7.40. The molecule has 0 atom stereocenters. The normalized spacial score (nSPS) is 10.9. The lowest BCUT2D eigenvalue weighted by Gasteiger charge is -2.05. The number of thiazole rings is 1. The average molecular weight is 399 g/mol. The van der Waals surface area contributed by atoms with Crippen molar-refractivity contribution in [2.45, 2.75) is 20.1 Å². The molecule has 3 rings (SSSR count). The van der Waals surface area contributed by atoms with Crippen LogP contribution in [0.5, 0.6) is 5.75 Å². The van der Waals surface area contributed by atoms with Gasteiger partial charge in [-0.3, -0.25) is 4.79 Å². The molecule has 0 saturated heterocycles. The van der Waals surface area contributed by atoms with Crippen LogP contribution in [0.4, 0.5) is 0 Å². The third-order valence-corrected chi connectivity index (χ3v) is 4.77. The summed E-state index contributed by atoms with van der Waals surface area (Å²) in [6.07, 6.45) is 3.28. The monoisotopic (exact) mass is 398 g/mol. The number of hydrogen-bond donors (Lipinski definition) is 1. The number of hydrogen-bond acceptors (Lipinski definition) is 4. The molecule has 0 aliphatic rings. The van der Waals surface area contributed by atoms with Gasteiger partial charge in [-0.05, 0) is 48.4 Å². The van der Waals surface area contributed by atoms with Crippen LogP contribution >= 0.6 is 22.9 Å². The lowest BCUT2D eigenvalue weighted by Crippen LogP contribution is -2.20. The number of rotatable bonds is 7. The summed E-state index contributed by atoms with van der Waals surface area (Å²) in [5, 5.41) is 6.51. The first-order chi connectivity index (χ1) is 13.1. The van der Waals surface area contributed by atoms with Gasteiger partial charge in [0.05, 0.1) is 10.7 Å². The topological polar surface area (TPSA) is 51.2 Å². The maximum Gasteiger partial charge on any atom is 0.244 e. The Bertz CT molecular complexity index is 935. The standard InChI is InChI=1S/C21H19ClN2O2S/c1-15-24-19(14-27-15)13-26-20-8-5-16(6-9-20)7-10-21(25)23-12-17-3-2-4-18(22)11-17/h2-11,14H,12-13H2,1H3,(H,23,25)/b10-7+. The van der Waals surface area contributed by atoms with Crippen LogP contribution < -0.4 is 10.1 Å². The number of ether oxygens (including phenoxy) is 1. The molecule has 2 aromatic carbocycles. The molecule has 0 radical (unpaired) electrons. The third kappa shape index (κ3) is 6.24. The SMILES string of the molecule is Cc1nc(COc2ccc(/C=C/C(=O)NCc3cccc(Cl)c3)cc2)cs1. The van der Waals surface area contributed by atoms with Gasteiger partial charge in [-0.1, -0.05) is 35.9 Å². The van der Waals surface area contributed by atoms with Crippen molar-refractivity contribution in [2.75, 3.05) is 0 Å². The molecule has 0 bridgehead atoms. The fourth-order valence-electron chi connectivity index (χ4n) is 2.37. The molecule has 0 fully saturated rings. The van der Waals surface area contributed by atoms with Gasteiger partial charge in [-0.2, -0.15) is 0 Å². The van der Waals surface area contributed by atoms with Crippen molar-refractivity contribution in [1.82, 2.24) is 10.3 Å². The lowest BCUT2D eigenvalue weighted by atomic mass is 10.2. The van der Waals surface area contributed by atoms with Gasteiger partial charge in [0.2, 0.25) is 5.91 Å². The summed E-state index contributed by atoms with van der Waals surface area (Å²) in [6.45, 7) is 2.86. The van der Waals surface area contributed by atoms with E-state index in [1.807, 2.05) is 54.8 Å². The van der Waals surface area contributed by atoms with Crippen LogP contribution in [0.25, 0.3) is 6.08 Å². The Balaban J connectivity index is 1.47. The van der Waals surface area contributed by atoms with Gasteiger partial charge in [0.1, 0.15) is 12.4 Å². The molecular formula is C21H19ClN2O2S. The molecule has 1 aromatic heterocycles. The largest absolute Gasteiger partial charge is 0.487 e. The minimum Gasteiger partial charge on any atom is -0.487 e. The highest BCUT2D eigenvalue weighted by Gasteiger charge is 2.01. The molecule has 6 heteroatoms. The van der Waals surface area contributed by atoms with Crippen LogP contribution in [0, 0.1) is 6.92 Å². The highest BCUT2D eigenvalue weighted by atomic mass is 35.5. The van der Waals surface area contributed by atoms with E-state index in [1.165, 1.54) is 6.08 Å². The molecule has 0 spiro atoms. The van der Waals surface area contributed by atoms with Crippen LogP contribution in [0.3, 0.4) is 0 Å². The fraction of sp³-hybridized carbons (Fsp3) is 0.143. The summed E-state index contributed by atoms with van der Waals surface area (Å²) in [6, 6.07) is 15.0. The summed E-state index contributed by atoms with van der Waals surface area (Å²) < 4.78 is 5.71. The van der Waals surface area contributed by atoms with Crippen LogP contribution in [0.1, 0.15) is 21.8 Å². The molecule has 1 heterocycles. The molecule has 0 saturated carbocycles. The van der Waals surface area contributed by atoms with Crippen LogP contribution in [-0.2, 0) is 17.9 Å². The summed E-state index contributed by atoms with van der Waals surface area (Å²) >= 11 is 7.54. The predicted molar refractivity (Wildman–Crippen MR) is 110 cm³/mol. The van der Waals surface area contributed by atoms with Crippen molar-refractivity contribution in [1.29, 1.82) is 0 Å². The van der Waals surface area contributed by atoms with E-state index in [0.717, 1.165) is 27.6 Å². The van der Waals surface area contributed by atoms with Gasteiger partial charge in [0.25, 0.3) is 0 Å². The van der Waals surface area contributed by atoms with Gasteiger partial charge in [0, 0.05) is 23.0 Å². The number of carbonyl (C=O) groups is 1. The van der Waals surface area contributed by atoms with E-state index in [9.17, 15) is 4.79 Å². The number of nitrogens with one attached hydrogen (secondary N) is 1. The van der Waals surface area contributed by atoms with Crippen molar-refractivity contribution in [3.8, 4) is 5.75 Å². The van der Waals surface area contributed by atoms with Gasteiger partial charge < -0.3 is 10.1 Å². The lowest BCUT2D eigenvalue weighted by molar-refractivity contribution is -0.116. The number of nitrogens with zero attached hydrogens (tertiary/aromatic N) is 1. The first kappa shape index (κ1) is 19.1. The van der Waals surface area contributed by atoms with Gasteiger partial charge in [-0.25, -0.2) is 4.98 Å². The second-order valence-electron chi connectivity index (χ2n) is 5.90. The summed E-state index contributed by atoms with van der Waals surface area (Å²) in [7, 11) is 0. The summed E-state index contributed by atoms with van der Waals surface area (Å²) in [5.74, 6) is 0.609. The van der Waals surface area contributed by atoms with E-state index in [1.54, 1.807) is 23.5 Å². The Kier molecular flexibility index (Phi) is 6.63. The Morgan fingerprint density at radius 2 is 2.07 bits per heavy atom. The van der Waals surface area contributed by atoms with Crippen LogP contribution in [-0.4, -0.2) is 10.9 Å². The maximum absolute atomic E-state index is 11.9. The average Bonchev–Trinajstić information content (AvgIpc) is 3.09. The van der Waals surface area contributed by atoms with E-state index < -0.39 is 0 Å². The van der Waals surface area contributed by atoms with Crippen molar-refractivity contribution < 1.29 is 9.53 Å².